The maximum Gasteiger partial charge on any atom is 0.277 e. The second-order valence-electron chi connectivity index (χ2n) is 6.98. The molecular weight excluding hydrogens is 451 g/mol. The summed E-state index contributed by atoms with van der Waals surface area (Å²) in [5, 5.41) is 10.8. The van der Waals surface area contributed by atoms with Crippen LogP contribution in [0.2, 0.25) is 0 Å². The van der Waals surface area contributed by atoms with E-state index in [0.29, 0.717) is 42.5 Å². The summed E-state index contributed by atoms with van der Waals surface area (Å²) >= 11 is 1.07. The normalized spacial score (nSPS) is 12.3. The van der Waals surface area contributed by atoms with Crippen LogP contribution in [0.15, 0.2) is 52.1 Å². The molecule has 3 aromatic rings. The van der Waals surface area contributed by atoms with Crippen molar-refractivity contribution in [2.45, 2.75) is 12.1 Å². The Morgan fingerprint density at radius 3 is 2.61 bits per heavy atom. The minimum atomic E-state index is -0.365. The molecule has 4 rings (SSSR count). The first-order chi connectivity index (χ1) is 16.0. The first-order valence-electron chi connectivity index (χ1n) is 10.2. The van der Waals surface area contributed by atoms with Crippen molar-refractivity contribution in [1.82, 2.24) is 15.1 Å². The van der Waals surface area contributed by atoms with Crippen LogP contribution in [0.4, 0.5) is 10.1 Å². The van der Waals surface area contributed by atoms with Crippen LogP contribution in [-0.4, -0.2) is 59.0 Å². The van der Waals surface area contributed by atoms with E-state index in [0.717, 1.165) is 11.8 Å². The summed E-state index contributed by atoms with van der Waals surface area (Å²) in [6.07, 6.45) is 0. The predicted molar refractivity (Wildman–Crippen MR) is 119 cm³/mol. The van der Waals surface area contributed by atoms with E-state index in [9.17, 15) is 14.0 Å². The number of aromatic nitrogens is 2. The molecule has 0 saturated carbocycles. The number of ether oxygens (including phenoxy) is 2. The zero-order valence-electron chi connectivity index (χ0n) is 17.7. The van der Waals surface area contributed by atoms with Crippen LogP contribution < -0.4 is 14.8 Å². The van der Waals surface area contributed by atoms with Crippen molar-refractivity contribution < 1.29 is 27.9 Å². The number of rotatable bonds is 8. The zero-order valence-corrected chi connectivity index (χ0v) is 18.6. The van der Waals surface area contributed by atoms with E-state index in [4.69, 9.17) is 13.9 Å². The number of thioether (sulfide) groups is 1. The Kier molecular flexibility index (Phi) is 7.08. The fraction of sp³-hybridized carbons (Fsp3) is 0.273. The van der Waals surface area contributed by atoms with E-state index < -0.39 is 0 Å². The summed E-state index contributed by atoms with van der Waals surface area (Å²) in [6, 6.07) is 10.8. The van der Waals surface area contributed by atoms with Gasteiger partial charge in [-0.25, -0.2) is 4.39 Å². The monoisotopic (exact) mass is 472 g/mol. The molecular formula is C22H21FN4O5S. The zero-order chi connectivity index (χ0) is 23.2. The van der Waals surface area contributed by atoms with Crippen LogP contribution in [0, 0.1) is 5.82 Å². The molecule has 2 amide bonds. The van der Waals surface area contributed by atoms with E-state index in [2.05, 4.69) is 15.5 Å². The van der Waals surface area contributed by atoms with E-state index >= 15 is 0 Å². The van der Waals surface area contributed by atoms with Crippen LogP contribution in [0.3, 0.4) is 0 Å². The van der Waals surface area contributed by atoms with Crippen molar-refractivity contribution in [2.24, 2.45) is 0 Å². The van der Waals surface area contributed by atoms with Crippen molar-refractivity contribution >= 4 is 29.3 Å². The van der Waals surface area contributed by atoms with Gasteiger partial charge in [-0.3, -0.25) is 9.59 Å². The minimum absolute atomic E-state index is 0.0240. The molecule has 1 aromatic heterocycles. The van der Waals surface area contributed by atoms with Crippen molar-refractivity contribution in [2.75, 3.05) is 37.4 Å². The van der Waals surface area contributed by atoms with Gasteiger partial charge in [0.15, 0.2) is 11.5 Å². The lowest BCUT2D eigenvalue weighted by atomic mass is 10.2. The summed E-state index contributed by atoms with van der Waals surface area (Å²) in [6.45, 7) is 2.99. The number of benzene rings is 2. The lowest BCUT2D eigenvalue weighted by molar-refractivity contribution is -0.132. The topological polar surface area (TPSA) is 107 Å². The average Bonchev–Trinajstić information content (AvgIpc) is 3.30. The highest BCUT2D eigenvalue weighted by Crippen LogP contribution is 2.32. The van der Waals surface area contributed by atoms with Gasteiger partial charge in [-0.1, -0.05) is 11.8 Å². The number of nitrogens with zero attached hydrogens (tertiary/aromatic N) is 3. The fourth-order valence-electron chi connectivity index (χ4n) is 3.06. The standard InChI is InChI=1S/C22H21FN4O5S/c1-2-27(12-19(28)24-16-7-8-17-18(11-16)31-10-9-30-17)20(29)13-33-22-26-25-21(32-22)14-3-5-15(23)6-4-14/h3-8,11H,2,9-10,12-13H2,1H3,(H,24,28). The quantitative estimate of drug-likeness (QED) is 0.498. The Labute approximate surface area is 193 Å². The van der Waals surface area contributed by atoms with Crippen molar-refractivity contribution in [1.29, 1.82) is 0 Å². The molecule has 33 heavy (non-hydrogen) atoms. The minimum Gasteiger partial charge on any atom is -0.486 e. The molecule has 0 radical (unpaired) electrons. The molecule has 9 nitrogen and oxygen atoms in total. The van der Waals surface area contributed by atoms with E-state index in [-0.39, 0.29) is 41.0 Å². The van der Waals surface area contributed by atoms with Crippen molar-refractivity contribution in [3.63, 3.8) is 0 Å². The summed E-state index contributed by atoms with van der Waals surface area (Å²) < 4.78 is 29.6. The molecule has 0 bridgehead atoms. The molecule has 1 aliphatic heterocycles. The fourth-order valence-corrected chi connectivity index (χ4v) is 3.73. The number of likely N-dealkylation sites (N-methyl/N-ethyl adjacent to an activating group) is 1. The number of carbonyl (C=O) groups is 2. The van der Waals surface area contributed by atoms with Gasteiger partial charge in [-0.2, -0.15) is 0 Å². The Morgan fingerprint density at radius 1 is 1.09 bits per heavy atom. The Morgan fingerprint density at radius 2 is 1.85 bits per heavy atom. The van der Waals surface area contributed by atoms with Gasteiger partial charge in [0.25, 0.3) is 5.22 Å². The summed E-state index contributed by atoms with van der Waals surface area (Å²) in [5.74, 6) is 0.511. The molecule has 0 fully saturated rings. The van der Waals surface area contributed by atoms with Gasteiger partial charge in [0.2, 0.25) is 17.7 Å². The summed E-state index contributed by atoms with van der Waals surface area (Å²) in [4.78, 5) is 26.5. The van der Waals surface area contributed by atoms with Gasteiger partial charge < -0.3 is 24.1 Å². The highest BCUT2D eigenvalue weighted by molar-refractivity contribution is 7.99. The first-order valence-corrected chi connectivity index (χ1v) is 11.2. The van der Waals surface area contributed by atoms with Crippen molar-refractivity contribution in [3.05, 3.63) is 48.3 Å². The molecule has 0 atom stereocenters. The second kappa shape index (κ2) is 10.3. The van der Waals surface area contributed by atoms with Gasteiger partial charge in [0, 0.05) is 23.9 Å². The molecule has 2 aromatic carbocycles. The smallest absolute Gasteiger partial charge is 0.277 e. The SMILES string of the molecule is CCN(CC(=O)Nc1ccc2c(c1)OCCO2)C(=O)CSc1nnc(-c2ccc(F)cc2)o1. The highest BCUT2D eigenvalue weighted by Gasteiger charge is 2.19. The van der Waals surface area contributed by atoms with Crippen LogP contribution in [0.1, 0.15) is 6.92 Å². The molecule has 0 spiro atoms. The first kappa shape index (κ1) is 22.6. The molecule has 1 aliphatic rings. The molecule has 1 N–H and O–H groups in total. The van der Waals surface area contributed by atoms with Gasteiger partial charge in [0.1, 0.15) is 19.0 Å². The second-order valence-corrected chi connectivity index (χ2v) is 7.91. The molecule has 172 valence electrons. The van der Waals surface area contributed by atoms with E-state index in [1.54, 1.807) is 25.1 Å². The predicted octanol–water partition coefficient (Wildman–Crippen LogP) is 3.23. The van der Waals surface area contributed by atoms with Crippen molar-refractivity contribution in [3.8, 4) is 23.0 Å². The maximum absolute atomic E-state index is 13.1. The molecule has 2 heterocycles. The van der Waals surface area contributed by atoms with Crippen LogP contribution in [0.25, 0.3) is 11.5 Å². The van der Waals surface area contributed by atoms with Crippen LogP contribution in [0.5, 0.6) is 11.5 Å². The third-order valence-electron chi connectivity index (χ3n) is 4.71. The average molecular weight is 472 g/mol. The van der Waals surface area contributed by atoms with Gasteiger partial charge in [0.05, 0.1) is 12.3 Å². The Hall–Kier alpha value is -3.60. The lowest BCUT2D eigenvalue weighted by Gasteiger charge is -2.21. The number of hydrogen-bond donors (Lipinski definition) is 1. The molecule has 0 saturated heterocycles. The highest BCUT2D eigenvalue weighted by atomic mass is 32.2. The maximum atomic E-state index is 13.1. The van der Waals surface area contributed by atoms with Crippen LogP contribution >= 0.6 is 11.8 Å². The number of amides is 2. The van der Waals surface area contributed by atoms with E-state index in [1.165, 1.54) is 29.2 Å². The third kappa shape index (κ3) is 5.80. The molecule has 0 aliphatic carbocycles. The van der Waals surface area contributed by atoms with Crippen LogP contribution in [-0.2, 0) is 9.59 Å². The lowest BCUT2D eigenvalue weighted by Crippen LogP contribution is -2.38. The number of anilines is 1. The summed E-state index contributed by atoms with van der Waals surface area (Å²) in [7, 11) is 0. The molecule has 11 heteroatoms. The number of nitrogens with one attached hydrogen (secondary N) is 1. The summed E-state index contributed by atoms with van der Waals surface area (Å²) in [5.41, 5.74) is 1.13. The number of halogens is 1. The van der Waals surface area contributed by atoms with Gasteiger partial charge in [-0.05, 0) is 43.3 Å². The van der Waals surface area contributed by atoms with Gasteiger partial charge in [-0.15, -0.1) is 10.2 Å². The Bertz CT molecular complexity index is 1140. The number of fused-ring (bicyclic) bond motifs is 1. The van der Waals surface area contributed by atoms with E-state index in [1.807, 2.05) is 0 Å². The molecule has 0 unspecified atom stereocenters. The van der Waals surface area contributed by atoms with Gasteiger partial charge >= 0.3 is 0 Å². The Balaban J connectivity index is 1.29. The number of hydrogen-bond acceptors (Lipinski definition) is 8. The number of carbonyl (C=O) groups excluding carboxylic acids is 2. The largest absolute Gasteiger partial charge is 0.486 e. The third-order valence-corrected chi connectivity index (χ3v) is 5.51.